The molecule has 0 saturated carbocycles. The Kier molecular flexibility index (Phi) is 5.41. The first-order chi connectivity index (χ1) is 9.69. The Morgan fingerprint density at radius 2 is 2.10 bits per heavy atom. The number of benzene rings is 1. The Morgan fingerprint density at radius 1 is 1.35 bits per heavy atom. The lowest BCUT2D eigenvalue weighted by atomic mass is 10.2. The van der Waals surface area contributed by atoms with Crippen molar-refractivity contribution in [2.24, 2.45) is 0 Å². The molecular weight excluding hydrogens is 254 g/mol. The molecule has 0 aromatic heterocycles. The summed E-state index contributed by atoms with van der Waals surface area (Å²) in [5, 5.41) is 0. The number of nitrogens with zero attached hydrogens (tertiary/aromatic N) is 1. The summed E-state index contributed by atoms with van der Waals surface area (Å²) in [6, 6.07) is 7.97. The summed E-state index contributed by atoms with van der Waals surface area (Å²) in [6.07, 6.45) is 2.45. The van der Waals surface area contributed by atoms with Gasteiger partial charge in [-0.3, -0.25) is 4.79 Å². The summed E-state index contributed by atoms with van der Waals surface area (Å²) in [6.45, 7) is 4.17. The van der Waals surface area contributed by atoms with Crippen molar-refractivity contribution in [1.29, 1.82) is 0 Å². The highest BCUT2D eigenvalue weighted by atomic mass is 16.5. The van der Waals surface area contributed by atoms with Crippen LogP contribution in [0, 0.1) is 6.92 Å². The van der Waals surface area contributed by atoms with E-state index < -0.39 is 0 Å². The van der Waals surface area contributed by atoms with Gasteiger partial charge in [-0.25, -0.2) is 0 Å². The third-order valence-electron chi connectivity index (χ3n) is 3.66. The largest absolute Gasteiger partial charge is 0.494 e. The van der Waals surface area contributed by atoms with Crippen molar-refractivity contribution in [3.63, 3.8) is 0 Å². The van der Waals surface area contributed by atoms with Crippen LogP contribution < -0.4 is 4.74 Å². The van der Waals surface area contributed by atoms with E-state index in [9.17, 15) is 4.79 Å². The average Bonchev–Trinajstić information content (AvgIpc) is 2.94. The molecule has 0 aliphatic carbocycles. The van der Waals surface area contributed by atoms with Crippen LogP contribution in [-0.4, -0.2) is 43.7 Å². The van der Waals surface area contributed by atoms with Crippen LogP contribution in [0.25, 0.3) is 0 Å². The number of amides is 1. The van der Waals surface area contributed by atoms with Crippen molar-refractivity contribution in [2.75, 3.05) is 26.8 Å². The van der Waals surface area contributed by atoms with Crippen LogP contribution in [0.3, 0.4) is 0 Å². The van der Waals surface area contributed by atoms with Gasteiger partial charge in [0.05, 0.1) is 12.7 Å². The number of ether oxygens (including phenoxy) is 2. The number of aryl methyl sites for hydroxylation is 1. The molecule has 0 bridgehead atoms. The average molecular weight is 277 g/mol. The standard InChI is InChI=1S/C16H23NO3/c1-13-5-7-14(8-6-13)20-11-3-4-16(18)17-10-9-15(12-17)19-2/h5-8,15H,3-4,9-12H2,1-2H3. The lowest BCUT2D eigenvalue weighted by molar-refractivity contribution is -0.130. The molecule has 1 heterocycles. The van der Waals surface area contributed by atoms with Crippen LogP contribution in [0.4, 0.5) is 0 Å². The van der Waals surface area contributed by atoms with Gasteiger partial charge in [0, 0.05) is 26.6 Å². The fraction of sp³-hybridized carbons (Fsp3) is 0.562. The maximum absolute atomic E-state index is 12.0. The van der Waals surface area contributed by atoms with Gasteiger partial charge < -0.3 is 14.4 Å². The molecule has 0 N–H and O–H groups in total. The zero-order valence-corrected chi connectivity index (χ0v) is 12.3. The maximum Gasteiger partial charge on any atom is 0.222 e. The molecule has 1 aromatic rings. The zero-order chi connectivity index (χ0) is 14.4. The van der Waals surface area contributed by atoms with Gasteiger partial charge in [-0.1, -0.05) is 17.7 Å². The quantitative estimate of drug-likeness (QED) is 0.750. The monoisotopic (exact) mass is 277 g/mol. The van der Waals surface area contributed by atoms with Crippen LogP contribution >= 0.6 is 0 Å². The number of likely N-dealkylation sites (tertiary alicyclic amines) is 1. The minimum absolute atomic E-state index is 0.206. The Labute approximate surface area is 120 Å². The van der Waals surface area contributed by atoms with Gasteiger partial charge in [-0.05, 0) is 31.9 Å². The maximum atomic E-state index is 12.0. The van der Waals surface area contributed by atoms with E-state index in [1.807, 2.05) is 36.1 Å². The van der Waals surface area contributed by atoms with Crippen molar-refractivity contribution >= 4 is 5.91 Å². The highest BCUT2D eigenvalue weighted by Crippen LogP contribution is 2.14. The van der Waals surface area contributed by atoms with Gasteiger partial charge in [0.25, 0.3) is 0 Å². The summed E-state index contributed by atoms with van der Waals surface area (Å²) in [5.74, 6) is 1.07. The molecule has 1 amide bonds. The molecule has 110 valence electrons. The van der Waals surface area contributed by atoms with E-state index in [4.69, 9.17) is 9.47 Å². The zero-order valence-electron chi connectivity index (χ0n) is 12.3. The van der Waals surface area contributed by atoms with Crippen molar-refractivity contribution in [1.82, 2.24) is 4.90 Å². The lowest BCUT2D eigenvalue weighted by Gasteiger charge is -2.16. The smallest absolute Gasteiger partial charge is 0.222 e. The summed E-state index contributed by atoms with van der Waals surface area (Å²) in [4.78, 5) is 13.9. The van der Waals surface area contributed by atoms with Gasteiger partial charge in [-0.15, -0.1) is 0 Å². The molecule has 4 nitrogen and oxygen atoms in total. The molecule has 4 heteroatoms. The molecule has 1 unspecified atom stereocenters. The molecule has 1 fully saturated rings. The van der Waals surface area contributed by atoms with Crippen molar-refractivity contribution in [3.05, 3.63) is 29.8 Å². The van der Waals surface area contributed by atoms with Crippen molar-refractivity contribution < 1.29 is 14.3 Å². The third-order valence-corrected chi connectivity index (χ3v) is 3.66. The summed E-state index contributed by atoms with van der Waals surface area (Å²) in [5.41, 5.74) is 1.22. The first-order valence-electron chi connectivity index (χ1n) is 7.19. The number of rotatable bonds is 6. The number of carbonyl (C=O) groups excluding carboxylic acids is 1. The third kappa shape index (κ3) is 4.23. The van der Waals surface area contributed by atoms with Crippen molar-refractivity contribution in [3.8, 4) is 5.75 Å². The Morgan fingerprint density at radius 3 is 2.75 bits per heavy atom. The van der Waals surface area contributed by atoms with Gasteiger partial charge in [0.15, 0.2) is 0 Å². The second-order valence-electron chi connectivity index (χ2n) is 5.25. The highest BCUT2D eigenvalue weighted by Gasteiger charge is 2.25. The fourth-order valence-electron chi connectivity index (χ4n) is 2.35. The van der Waals surface area contributed by atoms with Crippen LogP contribution in [0.5, 0.6) is 5.75 Å². The molecule has 1 atom stereocenters. The predicted octanol–water partition coefficient (Wildman–Crippen LogP) is 2.40. The number of hydrogen-bond donors (Lipinski definition) is 0. The summed E-state index contributed by atoms with van der Waals surface area (Å²) < 4.78 is 10.9. The highest BCUT2D eigenvalue weighted by molar-refractivity contribution is 5.76. The molecule has 1 aliphatic heterocycles. The molecular formula is C16H23NO3. The van der Waals surface area contributed by atoms with Gasteiger partial charge in [0.2, 0.25) is 5.91 Å². The van der Waals surface area contributed by atoms with Crippen molar-refractivity contribution in [2.45, 2.75) is 32.3 Å². The lowest BCUT2D eigenvalue weighted by Crippen LogP contribution is -2.30. The Hall–Kier alpha value is -1.55. The first kappa shape index (κ1) is 14.9. The molecule has 2 rings (SSSR count). The molecule has 1 saturated heterocycles. The predicted molar refractivity (Wildman–Crippen MR) is 77.9 cm³/mol. The Bertz CT molecular complexity index is 430. The van der Waals surface area contributed by atoms with Crippen LogP contribution in [-0.2, 0) is 9.53 Å². The number of carbonyl (C=O) groups is 1. The molecule has 20 heavy (non-hydrogen) atoms. The minimum atomic E-state index is 0.206. The Balaban J connectivity index is 1.63. The normalized spacial score (nSPS) is 18.3. The first-order valence-corrected chi connectivity index (χ1v) is 7.19. The second kappa shape index (κ2) is 7.29. The van der Waals surface area contributed by atoms with E-state index in [2.05, 4.69) is 0 Å². The molecule has 0 radical (unpaired) electrons. The van der Waals surface area contributed by atoms with Gasteiger partial charge >= 0.3 is 0 Å². The van der Waals surface area contributed by atoms with Gasteiger partial charge in [-0.2, -0.15) is 0 Å². The topological polar surface area (TPSA) is 38.8 Å². The number of methoxy groups -OCH3 is 1. The van der Waals surface area contributed by atoms with Crippen LogP contribution in [0.1, 0.15) is 24.8 Å². The van der Waals surface area contributed by atoms with Crippen LogP contribution in [0.2, 0.25) is 0 Å². The van der Waals surface area contributed by atoms with E-state index in [-0.39, 0.29) is 12.0 Å². The molecule has 0 spiro atoms. The second-order valence-corrected chi connectivity index (χ2v) is 5.25. The summed E-state index contributed by atoms with van der Waals surface area (Å²) in [7, 11) is 1.70. The van der Waals surface area contributed by atoms with E-state index in [0.717, 1.165) is 31.7 Å². The fourth-order valence-corrected chi connectivity index (χ4v) is 2.35. The van der Waals surface area contributed by atoms with Gasteiger partial charge in [0.1, 0.15) is 5.75 Å². The number of hydrogen-bond acceptors (Lipinski definition) is 3. The van der Waals surface area contributed by atoms with E-state index in [1.165, 1.54) is 5.56 Å². The van der Waals surface area contributed by atoms with E-state index in [1.54, 1.807) is 7.11 Å². The SMILES string of the molecule is COC1CCN(C(=O)CCCOc2ccc(C)cc2)C1. The van der Waals surface area contributed by atoms with Crippen LogP contribution in [0.15, 0.2) is 24.3 Å². The van der Waals surface area contributed by atoms with E-state index >= 15 is 0 Å². The molecule has 1 aromatic carbocycles. The van der Waals surface area contributed by atoms with E-state index in [0.29, 0.717) is 13.0 Å². The molecule has 1 aliphatic rings. The summed E-state index contributed by atoms with van der Waals surface area (Å²) >= 11 is 0. The minimum Gasteiger partial charge on any atom is -0.494 e.